The Morgan fingerprint density at radius 1 is 1.17 bits per heavy atom. The summed E-state index contributed by atoms with van der Waals surface area (Å²) in [4.78, 5) is 2.86. The Morgan fingerprint density at radius 2 is 1.94 bits per heavy atom. The summed E-state index contributed by atoms with van der Waals surface area (Å²) in [5.41, 5.74) is 0.555. The lowest BCUT2D eigenvalue weighted by Crippen LogP contribution is -2.50. The average molecular weight is 273 g/mol. The van der Waals surface area contributed by atoms with Gasteiger partial charge in [-0.25, -0.2) is 0 Å². The number of piperidine rings is 1. The summed E-state index contributed by atoms with van der Waals surface area (Å²) in [5.74, 6) is 1.04. The van der Waals surface area contributed by atoms with E-state index < -0.39 is 0 Å². The Bertz CT molecular complexity index is 261. The number of nitrogens with zero attached hydrogens (tertiary/aromatic N) is 1. The molecular formula is C15H29ClN2. The highest BCUT2D eigenvalue weighted by molar-refractivity contribution is 5.85. The number of hydrogen-bond donors (Lipinski definition) is 1. The molecule has 0 aromatic rings. The third kappa shape index (κ3) is 3.02. The van der Waals surface area contributed by atoms with Gasteiger partial charge in [-0.1, -0.05) is 19.8 Å². The minimum atomic E-state index is 0. The normalized spacial score (nSPS) is 41.2. The lowest BCUT2D eigenvalue weighted by Gasteiger charge is -2.46. The molecule has 1 unspecified atom stereocenters. The SMILES string of the molecule is CC1(CN2CCC[C@H]3CCCC[C@H]32)CCNC1.Cl. The van der Waals surface area contributed by atoms with Crippen LogP contribution in [0.1, 0.15) is 51.9 Å². The molecule has 0 amide bonds. The van der Waals surface area contributed by atoms with Gasteiger partial charge in [0.25, 0.3) is 0 Å². The summed E-state index contributed by atoms with van der Waals surface area (Å²) in [7, 11) is 0. The zero-order valence-corrected chi connectivity index (χ0v) is 12.6. The molecule has 0 aromatic carbocycles. The number of likely N-dealkylation sites (tertiary alicyclic amines) is 1. The van der Waals surface area contributed by atoms with Crippen molar-refractivity contribution in [3.63, 3.8) is 0 Å². The standard InChI is InChI=1S/C15H28N2.ClH/c1-15(8-9-16-11-15)12-17-10-4-6-13-5-2-3-7-14(13)17;/h13-14,16H,2-12H2,1H3;1H/t13-,14-,15?;/m1./s1. The molecule has 3 rings (SSSR count). The molecule has 0 spiro atoms. The van der Waals surface area contributed by atoms with Crippen molar-refractivity contribution in [3.8, 4) is 0 Å². The Hall–Kier alpha value is 0.210. The topological polar surface area (TPSA) is 15.3 Å². The summed E-state index contributed by atoms with van der Waals surface area (Å²) >= 11 is 0. The van der Waals surface area contributed by atoms with Crippen LogP contribution in [0.15, 0.2) is 0 Å². The Morgan fingerprint density at radius 3 is 2.72 bits per heavy atom. The van der Waals surface area contributed by atoms with Crippen molar-refractivity contribution in [1.82, 2.24) is 10.2 Å². The molecule has 3 heteroatoms. The van der Waals surface area contributed by atoms with Crippen LogP contribution in [0.4, 0.5) is 0 Å². The fourth-order valence-corrected chi connectivity index (χ4v) is 4.42. The van der Waals surface area contributed by atoms with Crippen molar-refractivity contribution in [3.05, 3.63) is 0 Å². The van der Waals surface area contributed by atoms with Gasteiger partial charge in [-0.2, -0.15) is 0 Å². The van der Waals surface area contributed by atoms with Crippen LogP contribution < -0.4 is 5.32 Å². The van der Waals surface area contributed by atoms with Gasteiger partial charge in [0, 0.05) is 19.1 Å². The highest BCUT2D eigenvalue weighted by atomic mass is 35.5. The van der Waals surface area contributed by atoms with E-state index in [9.17, 15) is 0 Å². The average Bonchev–Trinajstić information content (AvgIpc) is 2.76. The molecule has 18 heavy (non-hydrogen) atoms. The molecule has 2 nitrogen and oxygen atoms in total. The van der Waals surface area contributed by atoms with Crippen LogP contribution in [0.25, 0.3) is 0 Å². The molecule has 3 atom stereocenters. The fraction of sp³-hybridized carbons (Fsp3) is 1.00. The van der Waals surface area contributed by atoms with Crippen LogP contribution in [-0.4, -0.2) is 37.1 Å². The summed E-state index contributed by atoms with van der Waals surface area (Å²) in [6.45, 7) is 7.68. The molecule has 0 aromatic heterocycles. The first-order valence-corrected chi connectivity index (χ1v) is 7.72. The summed E-state index contributed by atoms with van der Waals surface area (Å²) in [5, 5.41) is 3.55. The van der Waals surface area contributed by atoms with E-state index in [1.54, 1.807) is 0 Å². The second-order valence-corrected chi connectivity index (χ2v) is 6.96. The van der Waals surface area contributed by atoms with E-state index >= 15 is 0 Å². The largest absolute Gasteiger partial charge is 0.316 e. The number of nitrogens with one attached hydrogen (secondary N) is 1. The molecule has 1 saturated carbocycles. The molecule has 3 aliphatic rings. The van der Waals surface area contributed by atoms with Crippen molar-refractivity contribution < 1.29 is 0 Å². The molecule has 3 fully saturated rings. The van der Waals surface area contributed by atoms with Crippen LogP contribution in [0.5, 0.6) is 0 Å². The van der Waals surface area contributed by atoms with Crippen LogP contribution in [0.3, 0.4) is 0 Å². The molecule has 1 N–H and O–H groups in total. The first-order chi connectivity index (χ1) is 8.27. The van der Waals surface area contributed by atoms with E-state index in [1.165, 1.54) is 71.1 Å². The number of hydrogen-bond acceptors (Lipinski definition) is 2. The molecule has 2 saturated heterocycles. The second-order valence-electron chi connectivity index (χ2n) is 6.96. The van der Waals surface area contributed by atoms with E-state index in [2.05, 4.69) is 17.1 Å². The zero-order chi connectivity index (χ0) is 11.7. The Kier molecular flexibility index (Phi) is 4.96. The van der Waals surface area contributed by atoms with Gasteiger partial charge in [0.2, 0.25) is 0 Å². The summed E-state index contributed by atoms with van der Waals surface area (Å²) in [6, 6.07) is 0.940. The van der Waals surface area contributed by atoms with E-state index in [0.29, 0.717) is 5.41 Å². The van der Waals surface area contributed by atoms with Gasteiger partial charge in [0.05, 0.1) is 0 Å². The van der Waals surface area contributed by atoms with Crippen molar-refractivity contribution in [2.45, 2.75) is 57.9 Å². The van der Waals surface area contributed by atoms with Crippen LogP contribution in [0.2, 0.25) is 0 Å². The van der Waals surface area contributed by atoms with Crippen LogP contribution in [0, 0.1) is 11.3 Å². The van der Waals surface area contributed by atoms with Crippen molar-refractivity contribution in [2.24, 2.45) is 11.3 Å². The Balaban J connectivity index is 0.00000120. The van der Waals surface area contributed by atoms with Gasteiger partial charge >= 0.3 is 0 Å². The van der Waals surface area contributed by atoms with E-state index in [1.807, 2.05) is 0 Å². The third-order valence-electron chi connectivity index (χ3n) is 5.40. The lowest BCUT2D eigenvalue weighted by molar-refractivity contribution is 0.0323. The van der Waals surface area contributed by atoms with Crippen LogP contribution >= 0.6 is 12.4 Å². The minimum absolute atomic E-state index is 0. The number of halogens is 1. The monoisotopic (exact) mass is 272 g/mol. The summed E-state index contributed by atoms with van der Waals surface area (Å²) < 4.78 is 0. The third-order valence-corrected chi connectivity index (χ3v) is 5.40. The second kappa shape index (κ2) is 6.11. The van der Waals surface area contributed by atoms with Gasteiger partial charge in [0.15, 0.2) is 0 Å². The molecule has 1 aliphatic carbocycles. The van der Waals surface area contributed by atoms with E-state index in [0.717, 1.165) is 12.0 Å². The lowest BCUT2D eigenvalue weighted by atomic mass is 9.77. The highest BCUT2D eigenvalue weighted by Crippen LogP contribution is 2.37. The first kappa shape index (κ1) is 14.6. The molecule has 2 aliphatic heterocycles. The zero-order valence-electron chi connectivity index (χ0n) is 11.8. The molecule has 0 bridgehead atoms. The fourth-order valence-electron chi connectivity index (χ4n) is 4.42. The maximum absolute atomic E-state index is 3.55. The van der Waals surface area contributed by atoms with Crippen LogP contribution in [-0.2, 0) is 0 Å². The Labute approximate surface area is 118 Å². The molecule has 106 valence electrons. The van der Waals surface area contributed by atoms with Crippen molar-refractivity contribution in [1.29, 1.82) is 0 Å². The maximum Gasteiger partial charge on any atom is 0.0124 e. The predicted octanol–water partition coefficient (Wildman–Crippen LogP) is 3.06. The smallest absolute Gasteiger partial charge is 0.0124 e. The van der Waals surface area contributed by atoms with Crippen molar-refractivity contribution >= 4 is 12.4 Å². The first-order valence-electron chi connectivity index (χ1n) is 7.72. The van der Waals surface area contributed by atoms with Crippen molar-refractivity contribution in [2.75, 3.05) is 26.2 Å². The van der Waals surface area contributed by atoms with E-state index in [4.69, 9.17) is 0 Å². The highest BCUT2D eigenvalue weighted by Gasteiger charge is 2.38. The van der Waals surface area contributed by atoms with Gasteiger partial charge in [-0.3, -0.25) is 4.90 Å². The number of fused-ring (bicyclic) bond motifs is 1. The number of rotatable bonds is 2. The quantitative estimate of drug-likeness (QED) is 0.831. The van der Waals surface area contributed by atoms with Gasteiger partial charge in [-0.15, -0.1) is 12.4 Å². The molecule has 2 heterocycles. The molecule has 0 radical (unpaired) electrons. The maximum atomic E-state index is 3.55. The molecular weight excluding hydrogens is 244 g/mol. The van der Waals surface area contributed by atoms with Gasteiger partial charge < -0.3 is 5.32 Å². The predicted molar refractivity (Wildman–Crippen MR) is 79.4 cm³/mol. The minimum Gasteiger partial charge on any atom is -0.316 e. The van der Waals surface area contributed by atoms with Gasteiger partial charge in [0.1, 0.15) is 0 Å². The van der Waals surface area contributed by atoms with E-state index in [-0.39, 0.29) is 12.4 Å². The van der Waals surface area contributed by atoms with Gasteiger partial charge in [-0.05, 0) is 56.5 Å². The summed E-state index contributed by atoms with van der Waals surface area (Å²) in [6.07, 6.45) is 10.3.